The standard InChI is InChI=1S/C15H13Cl2FO/c1-9-4-11(8-12(18)5-9)15(19)7-10-2-3-13(16)14(17)6-10/h2-6,8,15,19H,7H2,1H3. The zero-order valence-electron chi connectivity index (χ0n) is 10.3. The van der Waals surface area contributed by atoms with Crippen LogP contribution >= 0.6 is 23.2 Å². The summed E-state index contributed by atoms with van der Waals surface area (Å²) in [5.74, 6) is -0.344. The molecule has 0 aliphatic heterocycles. The molecule has 0 amide bonds. The second-order valence-electron chi connectivity index (χ2n) is 4.53. The molecule has 1 atom stereocenters. The van der Waals surface area contributed by atoms with E-state index in [9.17, 15) is 9.50 Å². The minimum Gasteiger partial charge on any atom is -0.388 e. The first kappa shape index (κ1) is 14.3. The van der Waals surface area contributed by atoms with E-state index in [0.29, 0.717) is 22.0 Å². The van der Waals surface area contributed by atoms with Crippen LogP contribution in [0, 0.1) is 12.7 Å². The van der Waals surface area contributed by atoms with Crippen LogP contribution in [-0.2, 0) is 6.42 Å². The van der Waals surface area contributed by atoms with Gasteiger partial charge in [-0.15, -0.1) is 0 Å². The Bertz CT molecular complexity index is 578. The van der Waals surface area contributed by atoms with E-state index in [0.717, 1.165) is 11.1 Å². The summed E-state index contributed by atoms with van der Waals surface area (Å²) >= 11 is 11.8. The second-order valence-corrected chi connectivity index (χ2v) is 5.34. The minimum atomic E-state index is -0.772. The van der Waals surface area contributed by atoms with Gasteiger partial charge in [0.25, 0.3) is 0 Å². The monoisotopic (exact) mass is 298 g/mol. The number of aryl methyl sites for hydroxylation is 1. The van der Waals surface area contributed by atoms with Crippen molar-refractivity contribution in [3.05, 3.63) is 69.0 Å². The summed E-state index contributed by atoms with van der Waals surface area (Å²) in [6.45, 7) is 1.79. The Morgan fingerprint density at radius 3 is 2.47 bits per heavy atom. The molecule has 0 saturated carbocycles. The molecule has 0 heterocycles. The molecule has 1 unspecified atom stereocenters. The van der Waals surface area contributed by atoms with Gasteiger partial charge in [0, 0.05) is 6.42 Å². The van der Waals surface area contributed by atoms with Crippen molar-refractivity contribution in [2.75, 3.05) is 0 Å². The Labute approximate surface area is 121 Å². The molecule has 4 heteroatoms. The number of aliphatic hydroxyl groups is 1. The lowest BCUT2D eigenvalue weighted by Gasteiger charge is -2.12. The number of halogens is 3. The molecule has 0 aliphatic carbocycles. The van der Waals surface area contributed by atoms with Gasteiger partial charge in [0.15, 0.2) is 0 Å². The molecule has 0 saturated heterocycles. The fourth-order valence-corrected chi connectivity index (χ4v) is 2.29. The summed E-state index contributed by atoms with van der Waals surface area (Å²) in [6.07, 6.45) is -0.411. The molecule has 2 rings (SSSR count). The normalized spacial score (nSPS) is 12.5. The number of aliphatic hydroxyl groups excluding tert-OH is 1. The third-order valence-corrected chi connectivity index (χ3v) is 3.60. The highest BCUT2D eigenvalue weighted by Gasteiger charge is 2.11. The molecule has 0 radical (unpaired) electrons. The maximum absolute atomic E-state index is 13.3. The fourth-order valence-electron chi connectivity index (χ4n) is 1.96. The van der Waals surface area contributed by atoms with E-state index in [1.165, 1.54) is 12.1 Å². The Morgan fingerprint density at radius 1 is 1.11 bits per heavy atom. The maximum Gasteiger partial charge on any atom is 0.123 e. The van der Waals surface area contributed by atoms with E-state index in [-0.39, 0.29) is 5.82 Å². The highest BCUT2D eigenvalue weighted by atomic mass is 35.5. The van der Waals surface area contributed by atoms with Gasteiger partial charge in [0.1, 0.15) is 5.82 Å². The zero-order chi connectivity index (χ0) is 14.0. The smallest absolute Gasteiger partial charge is 0.123 e. The topological polar surface area (TPSA) is 20.2 Å². The van der Waals surface area contributed by atoms with Crippen LogP contribution in [0.15, 0.2) is 36.4 Å². The molecule has 100 valence electrons. The largest absolute Gasteiger partial charge is 0.388 e. The summed E-state index contributed by atoms with van der Waals surface area (Å²) in [5.41, 5.74) is 2.19. The third-order valence-electron chi connectivity index (χ3n) is 2.86. The van der Waals surface area contributed by atoms with Gasteiger partial charge >= 0.3 is 0 Å². The molecular weight excluding hydrogens is 286 g/mol. The second kappa shape index (κ2) is 5.91. The van der Waals surface area contributed by atoms with E-state index in [4.69, 9.17) is 23.2 Å². The van der Waals surface area contributed by atoms with Crippen LogP contribution in [0.25, 0.3) is 0 Å². The molecular formula is C15H13Cl2FO. The molecule has 0 bridgehead atoms. The average molecular weight is 299 g/mol. The van der Waals surface area contributed by atoms with Gasteiger partial charge in [-0.2, -0.15) is 0 Å². The lowest BCUT2D eigenvalue weighted by atomic mass is 10.00. The van der Waals surface area contributed by atoms with E-state index in [1.807, 2.05) is 0 Å². The first-order valence-electron chi connectivity index (χ1n) is 5.85. The first-order valence-corrected chi connectivity index (χ1v) is 6.60. The predicted molar refractivity (Wildman–Crippen MR) is 76.3 cm³/mol. The van der Waals surface area contributed by atoms with Crippen molar-refractivity contribution in [3.63, 3.8) is 0 Å². The molecule has 0 aliphatic rings. The van der Waals surface area contributed by atoms with E-state index in [2.05, 4.69) is 0 Å². The van der Waals surface area contributed by atoms with Crippen molar-refractivity contribution in [2.24, 2.45) is 0 Å². The number of hydrogen-bond donors (Lipinski definition) is 1. The summed E-state index contributed by atoms with van der Waals surface area (Å²) in [5, 5.41) is 11.1. The van der Waals surface area contributed by atoms with Crippen LogP contribution in [0.2, 0.25) is 10.0 Å². The van der Waals surface area contributed by atoms with Crippen molar-refractivity contribution in [1.29, 1.82) is 0 Å². The first-order chi connectivity index (χ1) is 8.95. The molecule has 0 fully saturated rings. The lowest BCUT2D eigenvalue weighted by molar-refractivity contribution is 0.178. The molecule has 0 aromatic heterocycles. The van der Waals surface area contributed by atoms with Crippen molar-refractivity contribution in [3.8, 4) is 0 Å². The average Bonchev–Trinajstić information content (AvgIpc) is 2.32. The van der Waals surface area contributed by atoms with E-state index >= 15 is 0 Å². The zero-order valence-corrected chi connectivity index (χ0v) is 11.8. The quantitative estimate of drug-likeness (QED) is 0.869. The Balaban J connectivity index is 2.20. The predicted octanol–water partition coefficient (Wildman–Crippen LogP) is 4.72. The molecule has 2 aromatic rings. The van der Waals surface area contributed by atoms with Crippen LogP contribution < -0.4 is 0 Å². The van der Waals surface area contributed by atoms with Crippen LogP contribution in [0.3, 0.4) is 0 Å². The van der Waals surface area contributed by atoms with Crippen molar-refractivity contribution in [1.82, 2.24) is 0 Å². The Kier molecular flexibility index (Phi) is 4.46. The van der Waals surface area contributed by atoms with Gasteiger partial charge in [-0.3, -0.25) is 0 Å². The van der Waals surface area contributed by atoms with Crippen LogP contribution in [0.4, 0.5) is 4.39 Å². The van der Waals surface area contributed by atoms with Crippen LogP contribution in [0.5, 0.6) is 0 Å². The molecule has 19 heavy (non-hydrogen) atoms. The number of hydrogen-bond acceptors (Lipinski definition) is 1. The molecule has 0 spiro atoms. The number of benzene rings is 2. The van der Waals surface area contributed by atoms with Crippen LogP contribution in [-0.4, -0.2) is 5.11 Å². The molecule has 1 N–H and O–H groups in total. The molecule has 1 nitrogen and oxygen atoms in total. The highest BCUT2D eigenvalue weighted by Crippen LogP contribution is 2.26. The van der Waals surface area contributed by atoms with Crippen LogP contribution in [0.1, 0.15) is 22.8 Å². The minimum absolute atomic E-state index is 0.344. The molecule has 2 aromatic carbocycles. The van der Waals surface area contributed by atoms with Gasteiger partial charge in [-0.1, -0.05) is 35.3 Å². The van der Waals surface area contributed by atoms with Gasteiger partial charge in [-0.25, -0.2) is 4.39 Å². The Morgan fingerprint density at radius 2 is 1.84 bits per heavy atom. The summed E-state index contributed by atoms with van der Waals surface area (Å²) in [6, 6.07) is 9.72. The fraction of sp³-hybridized carbons (Fsp3) is 0.200. The van der Waals surface area contributed by atoms with Gasteiger partial charge < -0.3 is 5.11 Å². The summed E-state index contributed by atoms with van der Waals surface area (Å²) < 4.78 is 13.3. The van der Waals surface area contributed by atoms with Gasteiger partial charge in [-0.05, 0) is 47.9 Å². The summed E-state index contributed by atoms with van der Waals surface area (Å²) in [4.78, 5) is 0. The maximum atomic E-state index is 13.3. The number of rotatable bonds is 3. The van der Waals surface area contributed by atoms with Crippen molar-refractivity contribution < 1.29 is 9.50 Å². The van der Waals surface area contributed by atoms with Crippen molar-refractivity contribution in [2.45, 2.75) is 19.4 Å². The van der Waals surface area contributed by atoms with Crippen molar-refractivity contribution >= 4 is 23.2 Å². The van der Waals surface area contributed by atoms with Gasteiger partial charge in [0.2, 0.25) is 0 Å². The Hall–Kier alpha value is -1.09. The summed E-state index contributed by atoms with van der Waals surface area (Å²) in [7, 11) is 0. The SMILES string of the molecule is Cc1cc(F)cc(C(O)Cc2ccc(Cl)c(Cl)c2)c1. The highest BCUT2D eigenvalue weighted by molar-refractivity contribution is 6.42. The van der Waals surface area contributed by atoms with E-state index in [1.54, 1.807) is 31.2 Å². The third kappa shape index (κ3) is 3.69. The van der Waals surface area contributed by atoms with E-state index < -0.39 is 6.10 Å². The lowest BCUT2D eigenvalue weighted by Crippen LogP contribution is -2.03. The van der Waals surface area contributed by atoms with Gasteiger partial charge in [0.05, 0.1) is 16.1 Å².